The number of nitrogens with zero attached hydrogens (tertiary/aromatic N) is 4. The zero-order chi connectivity index (χ0) is 28.6. The number of hydrogen-bond acceptors (Lipinski definition) is 5. The van der Waals surface area contributed by atoms with Gasteiger partial charge in [-0.15, -0.1) is 0 Å². The summed E-state index contributed by atoms with van der Waals surface area (Å²) in [6.07, 6.45) is 10.1. The summed E-state index contributed by atoms with van der Waals surface area (Å²) >= 11 is 0. The zero-order valence-corrected chi connectivity index (χ0v) is 23.8. The van der Waals surface area contributed by atoms with Gasteiger partial charge in [0, 0.05) is 38.9 Å². The van der Waals surface area contributed by atoms with Gasteiger partial charge in [0.1, 0.15) is 17.2 Å². The van der Waals surface area contributed by atoms with E-state index in [0.717, 1.165) is 56.1 Å². The summed E-state index contributed by atoms with van der Waals surface area (Å²) in [6.45, 7) is 3.10. The summed E-state index contributed by atoms with van der Waals surface area (Å²) < 4.78 is 15.2. The van der Waals surface area contributed by atoms with E-state index in [1.165, 1.54) is 12.1 Å². The lowest BCUT2D eigenvalue weighted by molar-refractivity contribution is -0.131. The van der Waals surface area contributed by atoms with Crippen molar-refractivity contribution in [1.82, 2.24) is 30.0 Å². The van der Waals surface area contributed by atoms with Gasteiger partial charge in [0.15, 0.2) is 0 Å². The Labute approximate surface area is 235 Å². The molecule has 40 heavy (non-hydrogen) atoms. The second-order valence-corrected chi connectivity index (χ2v) is 10.9. The lowest BCUT2D eigenvalue weighted by atomic mass is 9.92. The highest BCUT2D eigenvalue weighted by molar-refractivity contribution is 5.99. The van der Waals surface area contributed by atoms with Crippen LogP contribution < -0.4 is 10.6 Å². The number of imidazole rings is 1. The van der Waals surface area contributed by atoms with Crippen molar-refractivity contribution in [3.8, 4) is 0 Å². The molecule has 0 spiro atoms. The van der Waals surface area contributed by atoms with E-state index in [4.69, 9.17) is 0 Å². The third-order valence-electron chi connectivity index (χ3n) is 7.96. The molecule has 9 nitrogen and oxygen atoms in total. The van der Waals surface area contributed by atoms with Crippen LogP contribution in [-0.4, -0.2) is 75.8 Å². The molecule has 1 saturated heterocycles. The lowest BCUT2D eigenvalue weighted by Gasteiger charge is -2.32. The van der Waals surface area contributed by atoms with Crippen LogP contribution in [0.5, 0.6) is 0 Å². The van der Waals surface area contributed by atoms with E-state index in [0.29, 0.717) is 37.4 Å². The number of nitrogens with one attached hydrogen (secondary N) is 2. The molecule has 1 aromatic carbocycles. The van der Waals surface area contributed by atoms with Gasteiger partial charge in [-0.05, 0) is 82.2 Å². The number of carbonyl (C=O) groups excluding carboxylic acids is 3. The van der Waals surface area contributed by atoms with Gasteiger partial charge in [-0.25, -0.2) is 9.37 Å². The van der Waals surface area contributed by atoms with Crippen molar-refractivity contribution in [3.63, 3.8) is 0 Å². The Morgan fingerprint density at radius 3 is 2.50 bits per heavy atom. The van der Waals surface area contributed by atoms with Crippen LogP contribution in [0.15, 0.2) is 48.1 Å². The van der Waals surface area contributed by atoms with Gasteiger partial charge in [0.05, 0.1) is 12.4 Å². The summed E-state index contributed by atoms with van der Waals surface area (Å²) in [4.78, 5) is 48.2. The van der Waals surface area contributed by atoms with Crippen LogP contribution >= 0.6 is 0 Å². The van der Waals surface area contributed by atoms with E-state index >= 15 is 0 Å². The van der Waals surface area contributed by atoms with Crippen LogP contribution in [-0.2, 0) is 23.1 Å². The molecule has 2 fully saturated rings. The predicted octanol–water partition coefficient (Wildman–Crippen LogP) is 3.18. The van der Waals surface area contributed by atoms with Crippen molar-refractivity contribution < 1.29 is 18.8 Å². The van der Waals surface area contributed by atoms with Gasteiger partial charge < -0.3 is 25.0 Å². The molecule has 2 N–H and O–H groups in total. The second kappa shape index (κ2) is 13.7. The normalized spacial score (nSPS) is 17.9. The van der Waals surface area contributed by atoms with Crippen LogP contribution in [0.2, 0.25) is 0 Å². The Kier molecular flexibility index (Phi) is 10.1. The fraction of sp³-hybridized carbons (Fsp3) is 0.533. The first kappa shape index (κ1) is 29.5. The smallest absolute Gasteiger partial charge is 0.274 e. The molecule has 3 amide bonds. The minimum atomic E-state index is -0.431. The van der Waals surface area contributed by atoms with Crippen LogP contribution in [0.25, 0.3) is 0 Å². The Morgan fingerprint density at radius 2 is 1.85 bits per heavy atom. The van der Waals surface area contributed by atoms with E-state index in [-0.39, 0.29) is 29.6 Å². The summed E-state index contributed by atoms with van der Waals surface area (Å²) in [7, 11) is 3.53. The van der Waals surface area contributed by atoms with E-state index in [9.17, 15) is 18.8 Å². The minimum absolute atomic E-state index is 0.167. The molecule has 1 aromatic heterocycles. The third kappa shape index (κ3) is 7.35. The topological polar surface area (TPSA) is 99.6 Å². The molecule has 2 heterocycles. The largest absolute Gasteiger partial charge is 0.340 e. The number of likely N-dealkylation sites (tertiary alicyclic amines) is 1. The minimum Gasteiger partial charge on any atom is -0.340 e. The molecule has 1 aliphatic heterocycles. The Balaban J connectivity index is 1.55. The average molecular weight is 553 g/mol. The number of carbonyl (C=O) groups is 3. The highest BCUT2D eigenvalue weighted by Gasteiger charge is 2.35. The summed E-state index contributed by atoms with van der Waals surface area (Å²) in [5, 5.41) is 5.90. The summed E-state index contributed by atoms with van der Waals surface area (Å²) in [5.74, 6) is -0.904. The number of aryl methyl sites for hydroxylation is 1. The van der Waals surface area contributed by atoms with E-state index < -0.39 is 6.04 Å². The molecular formula is C30H41FN6O3. The van der Waals surface area contributed by atoms with E-state index in [1.54, 1.807) is 48.1 Å². The Morgan fingerprint density at radius 1 is 1.12 bits per heavy atom. The SMILES string of the molecule is CN[C@@H](C)C(=O)NC(C(=O)N1CCC[C@H]1CN(CCc1ccc(F)cc1)C(=O)c1cn(C)cn1)=C1CCCCC1. The van der Waals surface area contributed by atoms with Gasteiger partial charge >= 0.3 is 0 Å². The molecule has 4 rings (SSSR count). The van der Waals surface area contributed by atoms with Crippen molar-refractivity contribution in [2.75, 3.05) is 26.7 Å². The van der Waals surface area contributed by atoms with Crippen LogP contribution in [0.3, 0.4) is 0 Å². The second-order valence-electron chi connectivity index (χ2n) is 10.9. The first-order valence-corrected chi connectivity index (χ1v) is 14.3. The van der Waals surface area contributed by atoms with Crippen molar-refractivity contribution in [2.24, 2.45) is 7.05 Å². The summed E-state index contributed by atoms with van der Waals surface area (Å²) in [5.41, 5.74) is 2.69. The molecule has 0 radical (unpaired) electrons. The molecular weight excluding hydrogens is 511 g/mol. The number of benzene rings is 1. The van der Waals surface area contributed by atoms with Gasteiger partial charge in [-0.1, -0.05) is 18.6 Å². The maximum atomic E-state index is 14.0. The highest BCUT2D eigenvalue weighted by Crippen LogP contribution is 2.28. The standard InChI is InChI=1S/C30H41FN6O3/c1-21(32-2)28(38)34-27(23-8-5-4-6-9-23)30(40)37-16-7-10-25(37)18-36(29(39)26-19-35(3)20-33-26)17-15-22-11-13-24(31)14-12-22/h11-14,19-21,25,32H,4-10,15-18H2,1-3H3,(H,34,38)/t21-,25-/m0/s1. The Hall–Kier alpha value is -3.53. The van der Waals surface area contributed by atoms with Crippen LogP contribution in [0.1, 0.15) is 67.9 Å². The zero-order valence-electron chi connectivity index (χ0n) is 23.8. The number of allylic oxidation sites excluding steroid dienone is 1. The maximum Gasteiger partial charge on any atom is 0.274 e. The van der Waals surface area contributed by atoms with Gasteiger partial charge in [-0.3, -0.25) is 14.4 Å². The van der Waals surface area contributed by atoms with E-state index in [2.05, 4.69) is 15.6 Å². The summed E-state index contributed by atoms with van der Waals surface area (Å²) in [6, 6.07) is 5.66. The molecule has 1 aliphatic carbocycles. The number of amides is 3. The van der Waals surface area contributed by atoms with E-state index in [1.807, 2.05) is 11.9 Å². The molecule has 2 aromatic rings. The molecule has 2 aliphatic rings. The number of likely N-dealkylation sites (N-methyl/N-ethyl adjacent to an activating group) is 1. The molecule has 1 saturated carbocycles. The molecule has 0 unspecified atom stereocenters. The first-order chi connectivity index (χ1) is 19.3. The third-order valence-corrected chi connectivity index (χ3v) is 7.96. The van der Waals surface area contributed by atoms with Crippen LogP contribution in [0, 0.1) is 5.82 Å². The van der Waals surface area contributed by atoms with Gasteiger partial charge in [-0.2, -0.15) is 0 Å². The highest BCUT2D eigenvalue weighted by atomic mass is 19.1. The van der Waals surface area contributed by atoms with Crippen molar-refractivity contribution in [1.29, 1.82) is 0 Å². The first-order valence-electron chi connectivity index (χ1n) is 14.3. The Bertz CT molecular complexity index is 1220. The van der Waals surface area contributed by atoms with Crippen molar-refractivity contribution in [3.05, 3.63) is 65.1 Å². The van der Waals surface area contributed by atoms with Gasteiger partial charge in [0.2, 0.25) is 5.91 Å². The molecule has 2 atom stereocenters. The van der Waals surface area contributed by atoms with Crippen molar-refractivity contribution >= 4 is 17.7 Å². The monoisotopic (exact) mass is 552 g/mol. The fourth-order valence-corrected chi connectivity index (χ4v) is 5.45. The quantitative estimate of drug-likeness (QED) is 0.441. The number of hydrogen-bond donors (Lipinski definition) is 2. The van der Waals surface area contributed by atoms with Gasteiger partial charge in [0.25, 0.3) is 11.8 Å². The van der Waals surface area contributed by atoms with Crippen molar-refractivity contribution in [2.45, 2.75) is 70.4 Å². The number of aromatic nitrogens is 2. The molecule has 216 valence electrons. The van der Waals surface area contributed by atoms with Crippen LogP contribution in [0.4, 0.5) is 4.39 Å². The number of rotatable bonds is 10. The molecule has 0 bridgehead atoms. The molecule has 10 heteroatoms. The predicted molar refractivity (Wildman–Crippen MR) is 151 cm³/mol. The lowest BCUT2D eigenvalue weighted by Crippen LogP contribution is -2.49. The number of halogens is 1. The maximum absolute atomic E-state index is 14.0. The fourth-order valence-electron chi connectivity index (χ4n) is 5.45. The average Bonchev–Trinajstić information content (AvgIpc) is 3.62.